The molecule has 0 aliphatic heterocycles. The summed E-state index contributed by atoms with van der Waals surface area (Å²) in [7, 11) is 0. The van der Waals surface area contributed by atoms with Crippen molar-refractivity contribution in [1.29, 1.82) is 0 Å². The molecule has 0 rings (SSSR count). The summed E-state index contributed by atoms with van der Waals surface area (Å²) in [6.07, 6.45) is 0. The summed E-state index contributed by atoms with van der Waals surface area (Å²) in [5, 5.41) is 0. The first-order valence-corrected chi connectivity index (χ1v) is 0. The molecule has 1 radical (unpaired) electrons. The number of rotatable bonds is 0. The predicted octanol–water partition coefficient (Wildman–Crippen LogP) is -2.70. The van der Waals surface area contributed by atoms with Gasteiger partial charge in [-0.3, -0.25) is 0 Å². The van der Waals surface area contributed by atoms with Gasteiger partial charge in [0.25, 0.3) is 0 Å². The predicted molar refractivity (Wildman–Crippen MR) is 7.93 cm³/mol. The second-order valence-electron chi connectivity index (χ2n) is 0. The van der Waals surface area contributed by atoms with Gasteiger partial charge in [0.05, 0.1) is 0 Å². The monoisotopic (exact) mass is 135 g/mol. The second-order valence-corrected chi connectivity index (χ2v) is 0. The summed E-state index contributed by atoms with van der Waals surface area (Å²) in [5.74, 6) is 0. The molecule has 0 aromatic rings. The molecule has 4 heteroatoms. The molecule has 0 unspecified atom stereocenters. The molecule has 0 saturated carbocycles. The van der Waals surface area contributed by atoms with Crippen LogP contribution in [0.5, 0.6) is 0 Å². The minimum atomic E-state index is 0. The standard InChI is InChI=1S/2ClH.O.Ti/h2*1H;;/q;;-2;+3/p-1. The fourth-order valence-electron chi connectivity index (χ4n) is 0. The van der Waals surface area contributed by atoms with Crippen molar-refractivity contribution >= 4 is 12.4 Å². The average Bonchev–Trinajstić information content (AvgIpc) is 0. The SMILES string of the molecule is Cl.[Cl-].[O-2].[Ti+3]. The zero-order valence-electron chi connectivity index (χ0n) is 1.69. The molecule has 0 spiro atoms. The molecular weight excluding hydrogens is 135 g/mol. The maximum absolute atomic E-state index is 0. The third kappa shape index (κ3) is 10.5. The molecule has 0 aromatic heterocycles. The Morgan fingerprint density at radius 3 is 1.00 bits per heavy atom. The van der Waals surface area contributed by atoms with Crippen LogP contribution >= 0.6 is 12.4 Å². The third-order valence-corrected chi connectivity index (χ3v) is 0. The number of halogens is 2. The van der Waals surface area contributed by atoms with Crippen molar-refractivity contribution in [3.63, 3.8) is 0 Å². The minimum Gasteiger partial charge on any atom is -2.00 e. The van der Waals surface area contributed by atoms with E-state index in [1.807, 2.05) is 0 Å². The van der Waals surface area contributed by atoms with Crippen LogP contribution < -0.4 is 12.4 Å². The van der Waals surface area contributed by atoms with Gasteiger partial charge in [0.1, 0.15) is 0 Å². The van der Waals surface area contributed by atoms with Crippen molar-refractivity contribution in [2.24, 2.45) is 0 Å². The summed E-state index contributed by atoms with van der Waals surface area (Å²) < 4.78 is 0. The van der Waals surface area contributed by atoms with Gasteiger partial charge in [-0.2, -0.15) is 0 Å². The zero-order valence-corrected chi connectivity index (χ0v) is 4.83. The summed E-state index contributed by atoms with van der Waals surface area (Å²) in [6, 6.07) is 0. The van der Waals surface area contributed by atoms with Gasteiger partial charge in [-0.15, -0.1) is 12.4 Å². The van der Waals surface area contributed by atoms with Gasteiger partial charge >= 0.3 is 21.7 Å². The number of hydrogen-bond donors (Lipinski definition) is 0. The van der Waals surface area contributed by atoms with Crippen molar-refractivity contribution in [3.05, 3.63) is 0 Å². The van der Waals surface area contributed by atoms with Crippen LogP contribution in [0, 0.1) is 0 Å². The van der Waals surface area contributed by atoms with E-state index in [0.717, 1.165) is 0 Å². The topological polar surface area (TPSA) is 28.5 Å². The van der Waals surface area contributed by atoms with Crippen LogP contribution in [0.15, 0.2) is 0 Å². The Morgan fingerprint density at radius 1 is 1.00 bits per heavy atom. The first kappa shape index (κ1) is 60.4. The van der Waals surface area contributed by atoms with Gasteiger partial charge in [-0.05, 0) is 0 Å². The molecule has 0 aromatic carbocycles. The van der Waals surface area contributed by atoms with Crippen molar-refractivity contribution in [3.8, 4) is 0 Å². The van der Waals surface area contributed by atoms with Gasteiger partial charge in [0.2, 0.25) is 0 Å². The quantitative estimate of drug-likeness (QED) is 0.324. The van der Waals surface area contributed by atoms with Gasteiger partial charge < -0.3 is 17.9 Å². The van der Waals surface area contributed by atoms with E-state index in [2.05, 4.69) is 0 Å². The summed E-state index contributed by atoms with van der Waals surface area (Å²) >= 11 is 0. The molecule has 0 atom stereocenters. The van der Waals surface area contributed by atoms with Crippen molar-refractivity contribution in [2.45, 2.75) is 0 Å². The fraction of sp³-hybridized carbons (Fsp3) is 0. The van der Waals surface area contributed by atoms with Crippen molar-refractivity contribution in [2.75, 3.05) is 0 Å². The van der Waals surface area contributed by atoms with E-state index < -0.39 is 0 Å². The van der Waals surface area contributed by atoms with E-state index in [9.17, 15) is 0 Å². The number of hydrogen-bond acceptors (Lipinski definition) is 0. The summed E-state index contributed by atoms with van der Waals surface area (Å²) in [5.41, 5.74) is 0. The van der Waals surface area contributed by atoms with E-state index in [4.69, 9.17) is 0 Å². The van der Waals surface area contributed by atoms with Gasteiger partial charge in [-0.1, -0.05) is 0 Å². The smallest absolute Gasteiger partial charge is 2.00 e. The fourth-order valence-corrected chi connectivity index (χ4v) is 0. The molecule has 0 amide bonds. The Hall–Kier alpha value is 1.25. The molecule has 0 heterocycles. The normalized spacial score (nSPS) is 0. The molecule has 4 heavy (non-hydrogen) atoms. The Bertz CT molecular complexity index is 6.00. The molecule has 0 N–H and O–H groups in total. The third-order valence-electron chi connectivity index (χ3n) is 0. The molecular formula is HCl2OTi. The Morgan fingerprint density at radius 2 is 1.00 bits per heavy atom. The van der Waals surface area contributed by atoms with Crippen molar-refractivity contribution < 1.29 is 39.6 Å². The van der Waals surface area contributed by atoms with Crippen LogP contribution in [0.2, 0.25) is 0 Å². The summed E-state index contributed by atoms with van der Waals surface area (Å²) in [6.45, 7) is 0. The molecule has 1 nitrogen and oxygen atoms in total. The van der Waals surface area contributed by atoms with E-state index in [1.165, 1.54) is 0 Å². The van der Waals surface area contributed by atoms with Crippen LogP contribution in [0.3, 0.4) is 0 Å². The van der Waals surface area contributed by atoms with Gasteiger partial charge in [0, 0.05) is 0 Å². The van der Waals surface area contributed by atoms with Crippen molar-refractivity contribution in [1.82, 2.24) is 0 Å². The maximum Gasteiger partial charge on any atom is 3.00 e. The molecule has 25 valence electrons. The molecule has 0 saturated heterocycles. The van der Waals surface area contributed by atoms with Crippen LogP contribution in [-0.2, 0) is 27.2 Å². The second kappa shape index (κ2) is 28.6. The molecule has 0 aliphatic carbocycles. The zero-order chi connectivity index (χ0) is 0. The maximum atomic E-state index is 0. The van der Waals surface area contributed by atoms with E-state index >= 15 is 0 Å². The molecule has 0 fully saturated rings. The minimum absolute atomic E-state index is 0. The average molecular weight is 136 g/mol. The van der Waals surface area contributed by atoms with Crippen LogP contribution in [0.1, 0.15) is 0 Å². The Kier molecular flexibility index (Phi) is 433. The van der Waals surface area contributed by atoms with Crippen LogP contribution in [0.25, 0.3) is 0 Å². The molecule has 0 bridgehead atoms. The van der Waals surface area contributed by atoms with Crippen LogP contribution in [0.4, 0.5) is 0 Å². The van der Waals surface area contributed by atoms with E-state index in [1.54, 1.807) is 0 Å². The Labute approximate surface area is 52.2 Å². The van der Waals surface area contributed by atoms with Gasteiger partial charge in [-0.25, -0.2) is 0 Å². The first-order chi connectivity index (χ1) is 0. The Balaban J connectivity index is 0. The van der Waals surface area contributed by atoms with E-state index in [-0.39, 0.29) is 52.0 Å². The van der Waals surface area contributed by atoms with Crippen LogP contribution in [-0.4, -0.2) is 0 Å². The molecule has 0 aliphatic rings. The van der Waals surface area contributed by atoms with E-state index in [0.29, 0.717) is 0 Å². The largest absolute Gasteiger partial charge is 3.00 e. The first-order valence-electron chi connectivity index (χ1n) is 0. The van der Waals surface area contributed by atoms with Gasteiger partial charge in [0.15, 0.2) is 0 Å². The summed E-state index contributed by atoms with van der Waals surface area (Å²) in [4.78, 5) is 0.